The third kappa shape index (κ3) is 5.49. The van der Waals surface area contributed by atoms with E-state index in [4.69, 9.17) is 9.47 Å². The standard InChI is InChI=1S/C29H33N3O5S/c1-3-24-6-4-5-7-26(24)32(38(34,35)25-11-8-22(2)9-12-25)20-29(33)31-16-14-30(15-17-31)19-23-10-13-27-28(18-23)37-21-36-27/h4-13,18H,3,14-17,19-21H2,1-2H3. The summed E-state index contributed by atoms with van der Waals surface area (Å²) in [6.07, 6.45) is 0.656. The van der Waals surface area contributed by atoms with Crippen molar-refractivity contribution < 1.29 is 22.7 Å². The Balaban J connectivity index is 1.29. The smallest absolute Gasteiger partial charge is 0.264 e. The zero-order valence-corrected chi connectivity index (χ0v) is 22.6. The number of piperazine rings is 1. The molecule has 1 saturated heterocycles. The predicted molar refractivity (Wildman–Crippen MR) is 146 cm³/mol. The number of aryl methyl sites for hydroxylation is 2. The Morgan fingerprint density at radius 3 is 2.37 bits per heavy atom. The summed E-state index contributed by atoms with van der Waals surface area (Å²) in [6.45, 7) is 7.14. The molecular formula is C29H33N3O5S. The Kier molecular flexibility index (Phi) is 7.58. The number of amides is 1. The molecule has 0 radical (unpaired) electrons. The van der Waals surface area contributed by atoms with Crippen LogP contribution in [0.5, 0.6) is 11.5 Å². The van der Waals surface area contributed by atoms with Gasteiger partial charge in [0.1, 0.15) is 6.54 Å². The number of sulfonamides is 1. The number of hydrogen-bond donors (Lipinski definition) is 0. The van der Waals surface area contributed by atoms with Crippen molar-refractivity contribution in [1.29, 1.82) is 0 Å². The van der Waals surface area contributed by atoms with Crippen LogP contribution >= 0.6 is 0 Å². The minimum absolute atomic E-state index is 0.176. The molecule has 38 heavy (non-hydrogen) atoms. The third-order valence-electron chi connectivity index (χ3n) is 7.10. The average molecular weight is 536 g/mol. The summed E-state index contributed by atoms with van der Waals surface area (Å²) in [5.41, 5.74) is 3.52. The first kappa shape index (κ1) is 26.1. The minimum atomic E-state index is -3.94. The van der Waals surface area contributed by atoms with Gasteiger partial charge in [-0.3, -0.25) is 14.0 Å². The van der Waals surface area contributed by atoms with Crippen LogP contribution < -0.4 is 13.8 Å². The van der Waals surface area contributed by atoms with Crippen LogP contribution in [0, 0.1) is 6.92 Å². The van der Waals surface area contributed by atoms with Crippen molar-refractivity contribution in [2.24, 2.45) is 0 Å². The van der Waals surface area contributed by atoms with Gasteiger partial charge in [0.15, 0.2) is 11.5 Å². The van der Waals surface area contributed by atoms with E-state index in [1.54, 1.807) is 35.2 Å². The molecule has 3 aromatic carbocycles. The SMILES string of the molecule is CCc1ccccc1N(CC(=O)N1CCN(Cc2ccc3c(c2)OCO3)CC1)S(=O)(=O)c1ccc(C)cc1. The van der Waals surface area contributed by atoms with E-state index in [1.807, 2.05) is 50.2 Å². The van der Waals surface area contributed by atoms with Gasteiger partial charge in [0.2, 0.25) is 12.7 Å². The molecule has 1 amide bonds. The maximum Gasteiger partial charge on any atom is 0.264 e. The second-order valence-electron chi connectivity index (χ2n) is 9.65. The van der Waals surface area contributed by atoms with Gasteiger partial charge >= 0.3 is 0 Å². The fourth-order valence-electron chi connectivity index (χ4n) is 4.87. The van der Waals surface area contributed by atoms with Crippen LogP contribution in [0.1, 0.15) is 23.6 Å². The maximum absolute atomic E-state index is 13.8. The number of ether oxygens (including phenoxy) is 2. The molecule has 5 rings (SSSR count). The fourth-order valence-corrected chi connectivity index (χ4v) is 6.32. The predicted octanol–water partition coefficient (Wildman–Crippen LogP) is 3.83. The number of fused-ring (bicyclic) bond motifs is 1. The van der Waals surface area contributed by atoms with E-state index in [1.165, 1.54) is 4.31 Å². The topological polar surface area (TPSA) is 79.4 Å². The number of para-hydroxylation sites is 1. The molecule has 0 unspecified atom stereocenters. The lowest BCUT2D eigenvalue weighted by molar-refractivity contribution is -0.131. The van der Waals surface area contributed by atoms with Crippen molar-refractivity contribution in [3.05, 3.63) is 83.4 Å². The van der Waals surface area contributed by atoms with E-state index in [-0.39, 0.29) is 24.1 Å². The Labute approximate surface area is 224 Å². The highest BCUT2D eigenvalue weighted by Gasteiger charge is 2.31. The van der Waals surface area contributed by atoms with E-state index in [0.717, 1.165) is 34.7 Å². The van der Waals surface area contributed by atoms with Gasteiger partial charge in [0.05, 0.1) is 10.6 Å². The normalized spacial score (nSPS) is 15.5. The maximum atomic E-state index is 13.8. The van der Waals surface area contributed by atoms with Crippen molar-refractivity contribution in [3.8, 4) is 11.5 Å². The van der Waals surface area contributed by atoms with Gasteiger partial charge in [-0.2, -0.15) is 0 Å². The quantitative estimate of drug-likeness (QED) is 0.436. The first-order valence-corrected chi connectivity index (χ1v) is 14.3. The van der Waals surface area contributed by atoms with Crippen LogP contribution in [0.4, 0.5) is 5.69 Å². The van der Waals surface area contributed by atoms with Gasteiger partial charge in [-0.05, 0) is 54.8 Å². The average Bonchev–Trinajstić information content (AvgIpc) is 3.40. The van der Waals surface area contributed by atoms with E-state index in [2.05, 4.69) is 4.90 Å². The lowest BCUT2D eigenvalue weighted by Gasteiger charge is -2.36. The van der Waals surface area contributed by atoms with Crippen molar-refractivity contribution in [2.45, 2.75) is 31.7 Å². The molecule has 0 aromatic heterocycles. The highest BCUT2D eigenvalue weighted by molar-refractivity contribution is 7.92. The van der Waals surface area contributed by atoms with Crippen molar-refractivity contribution in [2.75, 3.05) is 43.8 Å². The molecule has 0 atom stereocenters. The summed E-state index contributed by atoms with van der Waals surface area (Å²) in [5.74, 6) is 1.33. The molecule has 9 heteroatoms. The summed E-state index contributed by atoms with van der Waals surface area (Å²) < 4.78 is 39.7. The van der Waals surface area contributed by atoms with Gasteiger partial charge in [-0.25, -0.2) is 8.42 Å². The summed E-state index contributed by atoms with van der Waals surface area (Å²) in [7, 11) is -3.94. The summed E-state index contributed by atoms with van der Waals surface area (Å²) in [4.78, 5) is 17.7. The lowest BCUT2D eigenvalue weighted by atomic mass is 10.1. The first-order valence-electron chi connectivity index (χ1n) is 12.9. The van der Waals surface area contributed by atoms with Crippen LogP contribution in [0.2, 0.25) is 0 Å². The Bertz CT molecular complexity index is 1400. The van der Waals surface area contributed by atoms with E-state index < -0.39 is 10.0 Å². The summed E-state index contributed by atoms with van der Waals surface area (Å²) in [6, 6.07) is 20.1. The molecular weight excluding hydrogens is 502 g/mol. The number of carbonyl (C=O) groups is 1. The number of rotatable bonds is 8. The lowest BCUT2D eigenvalue weighted by Crippen LogP contribution is -2.51. The molecule has 0 aliphatic carbocycles. The number of benzene rings is 3. The number of hydrogen-bond acceptors (Lipinski definition) is 6. The molecule has 0 saturated carbocycles. The van der Waals surface area contributed by atoms with Crippen LogP contribution in [-0.2, 0) is 27.8 Å². The van der Waals surface area contributed by atoms with Crippen molar-refractivity contribution in [1.82, 2.24) is 9.80 Å². The van der Waals surface area contributed by atoms with Crippen molar-refractivity contribution in [3.63, 3.8) is 0 Å². The molecule has 0 bridgehead atoms. The van der Waals surface area contributed by atoms with Gasteiger partial charge in [0.25, 0.3) is 10.0 Å². The van der Waals surface area contributed by atoms with E-state index in [9.17, 15) is 13.2 Å². The van der Waals surface area contributed by atoms with Crippen molar-refractivity contribution >= 4 is 21.6 Å². The van der Waals surface area contributed by atoms with E-state index in [0.29, 0.717) is 38.3 Å². The Morgan fingerprint density at radius 2 is 1.63 bits per heavy atom. The summed E-state index contributed by atoms with van der Waals surface area (Å²) in [5, 5.41) is 0. The second kappa shape index (κ2) is 11.0. The largest absolute Gasteiger partial charge is 0.454 e. The zero-order valence-electron chi connectivity index (χ0n) is 21.8. The molecule has 8 nitrogen and oxygen atoms in total. The first-order chi connectivity index (χ1) is 18.3. The fraction of sp³-hybridized carbons (Fsp3) is 0.345. The van der Waals surface area contributed by atoms with Gasteiger partial charge in [-0.1, -0.05) is 48.9 Å². The van der Waals surface area contributed by atoms with E-state index >= 15 is 0 Å². The molecule has 2 aliphatic rings. The van der Waals surface area contributed by atoms with Gasteiger partial charge in [0, 0.05) is 32.7 Å². The number of nitrogens with zero attached hydrogens (tertiary/aromatic N) is 3. The molecule has 1 fully saturated rings. The van der Waals surface area contributed by atoms with Gasteiger partial charge in [-0.15, -0.1) is 0 Å². The van der Waals surface area contributed by atoms with Crippen LogP contribution in [0.25, 0.3) is 0 Å². The highest BCUT2D eigenvalue weighted by Crippen LogP contribution is 2.33. The molecule has 2 aliphatic heterocycles. The summed E-state index contributed by atoms with van der Waals surface area (Å²) >= 11 is 0. The molecule has 200 valence electrons. The highest BCUT2D eigenvalue weighted by atomic mass is 32.2. The third-order valence-corrected chi connectivity index (χ3v) is 8.87. The van der Waals surface area contributed by atoms with Crippen LogP contribution in [0.3, 0.4) is 0 Å². The molecule has 2 heterocycles. The Hall–Kier alpha value is -3.56. The second-order valence-corrected chi connectivity index (χ2v) is 11.5. The monoisotopic (exact) mass is 535 g/mol. The molecule has 0 N–H and O–H groups in total. The molecule has 0 spiro atoms. The van der Waals surface area contributed by atoms with Crippen LogP contribution in [-0.4, -0.2) is 63.6 Å². The zero-order chi connectivity index (χ0) is 26.7. The Morgan fingerprint density at radius 1 is 0.921 bits per heavy atom. The number of carbonyl (C=O) groups excluding carboxylic acids is 1. The minimum Gasteiger partial charge on any atom is -0.454 e. The van der Waals surface area contributed by atoms with Crippen LogP contribution in [0.15, 0.2) is 71.6 Å². The molecule has 3 aromatic rings. The number of anilines is 1. The van der Waals surface area contributed by atoms with Gasteiger partial charge < -0.3 is 14.4 Å².